The predicted molar refractivity (Wildman–Crippen MR) is 77.6 cm³/mol. The molecule has 0 bridgehead atoms. The first-order valence-corrected chi connectivity index (χ1v) is 5.74. The standard InChI is InChI=1S/C10H10.C4H13N3/c1-3-9-7-5-6-8-10(9)4-2;5-1-3-7-4-2-6/h3-8H,1-2H2;7H,1-6H2. The maximum absolute atomic E-state index is 5.17. The first-order valence-electron chi connectivity index (χ1n) is 5.74. The van der Waals surface area contributed by atoms with Gasteiger partial charge in [-0.05, 0) is 11.1 Å². The number of benzene rings is 1. The average Bonchev–Trinajstić information content (AvgIpc) is 2.40. The second-order valence-electron chi connectivity index (χ2n) is 3.36. The molecule has 0 atom stereocenters. The van der Waals surface area contributed by atoms with Crippen LogP contribution in [0.3, 0.4) is 0 Å². The average molecular weight is 233 g/mol. The smallest absolute Gasteiger partial charge is 0.00750 e. The molecule has 0 unspecified atom stereocenters. The van der Waals surface area contributed by atoms with Gasteiger partial charge < -0.3 is 16.8 Å². The van der Waals surface area contributed by atoms with Crippen molar-refractivity contribution in [1.82, 2.24) is 5.32 Å². The van der Waals surface area contributed by atoms with Gasteiger partial charge in [-0.2, -0.15) is 0 Å². The van der Waals surface area contributed by atoms with Gasteiger partial charge in [-0.15, -0.1) is 0 Å². The highest BCUT2D eigenvalue weighted by Gasteiger charge is 1.89. The van der Waals surface area contributed by atoms with Gasteiger partial charge in [0.15, 0.2) is 0 Å². The van der Waals surface area contributed by atoms with Gasteiger partial charge in [-0.3, -0.25) is 0 Å². The van der Waals surface area contributed by atoms with E-state index in [2.05, 4.69) is 18.5 Å². The predicted octanol–water partition coefficient (Wildman–Crippen LogP) is 1.47. The van der Waals surface area contributed by atoms with Crippen molar-refractivity contribution in [1.29, 1.82) is 0 Å². The van der Waals surface area contributed by atoms with Gasteiger partial charge in [0.25, 0.3) is 0 Å². The van der Waals surface area contributed by atoms with Crippen LogP contribution in [0.4, 0.5) is 0 Å². The van der Waals surface area contributed by atoms with Crippen LogP contribution in [-0.2, 0) is 0 Å². The van der Waals surface area contributed by atoms with Gasteiger partial charge in [-0.1, -0.05) is 49.6 Å². The van der Waals surface area contributed by atoms with Gasteiger partial charge in [0.1, 0.15) is 0 Å². The van der Waals surface area contributed by atoms with Crippen LogP contribution in [0.25, 0.3) is 12.2 Å². The number of nitrogens with two attached hydrogens (primary N) is 2. The van der Waals surface area contributed by atoms with Crippen LogP contribution in [0.5, 0.6) is 0 Å². The molecule has 0 aromatic heterocycles. The van der Waals surface area contributed by atoms with Crippen LogP contribution in [0.15, 0.2) is 37.4 Å². The third-order valence-corrected chi connectivity index (χ3v) is 2.08. The van der Waals surface area contributed by atoms with Gasteiger partial charge in [0.2, 0.25) is 0 Å². The van der Waals surface area contributed by atoms with E-state index < -0.39 is 0 Å². The molecule has 0 saturated heterocycles. The third kappa shape index (κ3) is 7.47. The largest absolute Gasteiger partial charge is 0.329 e. The van der Waals surface area contributed by atoms with Gasteiger partial charge in [0.05, 0.1) is 0 Å². The normalized spacial score (nSPS) is 9.06. The minimum atomic E-state index is 0.694. The summed E-state index contributed by atoms with van der Waals surface area (Å²) in [7, 11) is 0. The first-order chi connectivity index (χ1) is 8.29. The SMILES string of the molecule is C=Cc1ccccc1C=C.NCCNCCN. The summed E-state index contributed by atoms with van der Waals surface area (Å²) in [6.07, 6.45) is 3.66. The van der Waals surface area contributed by atoms with Crippen molar-refractivity contribution in [3.63, 3.8) is 0 Å². The zero-order chi connectivity index (χ0) is 12.9. The maximum atomic E-state index is 5.17. The van der Waals surface area contributed by atoms with Crippen molar-refractivity contribution in [3.8, 4) is 0 Å². The summed E-state index contributed by atoms with van der Waals surface area (Å²) in [4.78, 5) is 0. The molecule has 1 aromatic rings. The molecule has 0 fully saturated rings. The quantitative estimate of drug-likeness (QED) is 0.652. The fourth-order valence-corrected chi connectivity index (χ4v) is 1.21. The van der Waals surface area contributed by atoms with E-state index in [1.54, 1.807) is 0 Å². The molecule has 17 heavy (non-hydrogen) atoms. The van der Waals surface area contributed by atoms with Crippen LogP contribution in [0, 0.1) is 0 Å². The Labute approximate surface area is 104 Å². The van der Waals surface area contributed by atoms with E-state index in [-0.39, 0.29) is 0 Å². The lowest BCUT2D eigenvalue weighted by atomic mass is 10.1. The zero-order valence-electron chi connectivity index (χ0n) is 10.4. The summed E-state index contributed by atoms with van der Waals surface area (Å²) in [6, 6.07) is 8.02. The molecule has 94 valence electrons. The van der Waals surface area contributed by atoms with Gasteiger partial charge >= 0.3 is 0 Å². The van der Waals surface area contributed by atoms with E-state index in [1.807, 2.05) is 36.4 Å². The molecule has 0 radical (unpaired) electrons. The molecule has 0 saturated carbocycles. The van der Waals surface area contributed by atoms with E-state index in [0.29, 0.717) is 13.1 Å². The molecule has 0 spiro atoms. The Morgan fingerprint density at radius 3 is 1.65 bits per heavy atom. The van der Waals surface area contributed by atoms with E-state index in [1.165, 1.54) is 0 Å². The highest BCUT2D eigenvalue weighted by atomic mass is 14.9. The molecule has 0 aliphatic rings. The summed E-state index contributed by atoms with van der Waals surface area (Å²) >= 11 is 0. The molecule has 0 aliphatic carbocycles. The molecule has 0 amide bonds. The van der Waals surface area contributed by atoms with E-state index >= 15 is 0 Å². The molecular formula is C14H23N3. The van der Waals surface area contributed by atoms with Crippen LogP contribution in [-0.4, -0.2) is 26.2 Å². The van der Waals surface area contributed by atoms with Crippen LogP contribution < -0.4 is 16.8 Å². The van der Waals surface area contributed by atoms with E-state index in [9.17, 15) is 0 Å². The lowest BCUT2D eigenvalue weighted by Gasteiger charge is -1.96. The molecule has 1 aromatic carbocycles. The monoisotopic (exact) mass is 233 g/mol. The molecule has 0 aliphatic heterocycles. The Balaban J connectivity index is 0.000000325. The Morgan fingerprint density at radius 1 is 0.941 bits per heavy atom. The number of hydrogen-bond acceptors (Lipinski definition) is 3. The van der Waals surface area contributed by atoms with Crippen molar-refractivity contribution in [2.24, 2.45) is 11.5 Å². The highest BCUT2D eigenvalue weighted by molar-refractivity contribution is 5.63. The van der Waals surface area contributed by atoms with Crippen molar-refractivity contribution in [3.05, 3.63) is 48.6 Å². The van der Waals surface area contributed by atoms with Crippen molar-refractivity contribution in [2.45, 2.75) is 0 Å². The summed E-state index contributed by atoms with van der Waals surface area (Å²) in [5.41, 5.74) is 12.6. The van der Waals surface area contributed by atoms with Crippen molar-refractivity contribution < 1.29 is 0 Å². The second kappa shape index (κ2) is 11.1. The summed E-state index contributed by atoms with van der Waals surface area (Å²) < 4.78 is 0. The van der Waals surface area contributed by atoms with Crippen molar-refractivity contribution in [2.75, 3.05) is 26.2 Å². The van der Waals surface area contributed by atoms with E-state index in [0.717, 1.165) is 24.2 Å². The lowest BCUT2D eigenvalue weighted by molar-refractivity contribution is 0.696. The molecule has 3 heteroatoms. The number of rotatable bonds is 6. The topological polar surface area (TPSA) is 64.1 Å². The molecule has 1 rings (SSSR count). The highest BCUT2D eigenvalue weighted by Crippen LogP contribution is 2.10. The molecule has 3 nitrogen and oxygen atoms in total. The second-order valence-corrected chi connectivity index (χ2v) is 3.36. The molecule has 5 N–H and O–H groups in total. The molecule has 0 heterocycles. The van der Waals surface area contributed by atoms with Gasteiger partial charge in [-0.25, -0.2) is 0 Å². The summed E-state index contributed by atoms with van der Waals surface area (Å²) in [6.45, 7) is 10.5. The summed E-state index contributed by atoms with van der Waals surface area (Å²) in [5.74, 6) is 0. The zero-order valence-corrected chi connectivity index (χ0v) is 10.4. The minimum absolute atomic E-state index is 0.694. The Kier molecular flexibility index (Phi) is 10.2. The molecular weight excluding hydrogens is 210 g/mol. The fraction of sp³-hybridized carbons (Fsp3) is 0.286. The van der Waals surface area contributed by atoms with Gasteiger partial charge in [0, 0.05) is 26.2 Å². The van der Waals surface area contributed by atoms with Crippen LogP contribution in [0.2, 0.25) is 0 Å². The first kappa shape index (κ1) is 15.6. The Bertz CT molecular complexity index is 290. The fourth-order valence-electron chi connectivity index (χ4n) is 1.21. The number of hydrogen-bond donors (Lipinski definition) is 3. The van der Waals surface area contributed by atoms with Crippen LogP contribution in [0.1, 0.15) is 11.1 Å². The van der Waals surface area contributed by atoms with Crippen LogP contribution >= 0.6 is 0 Å². The minimum Gasteiger partial charge on any atom is -0.329 e. The maximum Gasteiger partial charge on any atom is 0.00750 e. The lowest BCUT2D eigenvalue weighted by Crippen LogP contribution is -2.27. The van der Waals surface area contributed by atoms with Crippen molar-refractivity contribution >= 4 is 12.2 Å². The Hall–Kier alpha value is -1.42. The van der Waals surface area contributed by atoms with E-state index in [4.69, 9.17) is 11.5 Å². The third-order valence-electron chi connectivity index (χ3n) is 2.08. The Morgan fingerprint density at radius 2 is 1.35 bits per heavy atom. The summed E-state index contributed by atoms with van der Waals surface area (Å²) in [5, 5.41) is 3.03. The number of nitrogens with one attached hydrogen (secondary N) is 1.